The van der Waals surface area contributed by atoms with Crippen molar-refractivity contribution in [2.24, 2.45) is 5.92 Å². The standard InChI is InChI=1S/C25H22F3N3O3/c1-24(2,16-6-4-3-5-7-16)18(23(33)34)12-15-8-11-22(32)21(13-15)31-29-19-10-9-17(25(26,27)28)14-20(19)30-31/h3-11,13-14,18,32H,12H2,1-2H3,(H,33,34). The zero-order chi connectivity index (χ0) is 24.7. The van der Waals surface area contributed by atoms with Crippen molar-refractivity contribution >= 4 is 17.0 Å². The summed E-state index contributed by atoms with van der Waals surface area (Å²) in [4.78, 5) is 13.3. The SMILES string of the molecule is CC(C)(c1ccccc1)C(Cc1ccc(O)c(-n2nc3ccc(C(F)(F)F)cc3n2)c1)C(=O)O. The van der Waals surface area contributed by atoms with Crippen LogP contribution >= 0.6 is 0 Å². The van der Waals surface area contributed by atoms with E-state index in [-0.39, 0.29) is 28.9 Å². The summed E-state index contributed by atoms with van der Waals surface area (Å²) in [5, 5.41) is 28.6. The van der Waals surface area contributed by atoms with Crippen LogP contribution in [0.25, 0.3) is 16.7 Å². The lowest BCUT2D eigenvalue weighted by Crippen LogP contribution is -2.36. The molecule has 34 heavy (non-hydrogen) atoms. The molecule has 0 aliphatic heterocycles. The Morgan fingerprint density at radius 1 is 0.941 bits per heavy atom. The highest BCUT2D eigenvalue weighted by Crippen LogP contribution is 2.36. The summed E-state index contributed by atoms with van der Waals surface area (Å²) < 4.78 is 39.1. The molecule has 0 saturated carbocycles. The summed E-state index contributed by atoms with van der Waals surface area (Å²) in [6.07, 6.45) is -4.36. The lowest BCUT2D eigenvalue weighted by molar-refractivity contribution is -0.144. The number of benzene rings is 3. The number of phenolic OH excluding ortho intramolecular Hbond substituents is 1. The van der Waals surface area contributed by atoms with E-state index in [2.05, 4.69) is 10.2 Å². The van der Waals surface area contributed by atoms with Crippen LogP contribution in [0.1, 0.15) is 30.5 Å². The number of halogens is 3. The monoisotopic (exact) mass is 469 g/mol. The van der Waals surface area contributed by atoms with E-state index in [4.69, 9.17) is 0 Å². The van der Waals surface area contributed by atoms with E-state index in [1.165, 1.54) is 12.1 Å². The molecule has 0 radical (unpaired) electrons. The van der Waals surface area contributed by atoms with Gasteiger partial charge in [-0.2, -0.15) is 13.2 Å². The molecule has 1 aromatic heterocycles. The summed E-state index contributed by atoms with van der Waals surface area (Å²) >= 11 is 0. The molecule has 4 rings (SSSR count). The zero-order valence-electron chi connectivity index (χ0n) is 18.4. The van der Waals surface area contributed by atoms with Crippen molar-refractivity contribution in [2.45, 2.75) is 31.9 Å². The topological polar surface area (TPSA) is 88.2 Å². The van der Waals surface area contributed by atoms with Crippen LogP contribution in [0.5, 0.6) is 5.75 Å². The van der Waals surface area contributed by atoms with Crippen LogP contribution < -0.4 is 0 Å². The summed E-state index contributed by atoms with van der Waals surface area (Å²) in [6, 6.07) is 16.9. The number of aromatic hydroxyl groups is 1. The number of aliphatic carboxylic acids is 1. The molecule has 0 amide bonds. The average molecular weight is 469 g/mol. The fourth-order valence-corrected chi connectivity index (χ4v) is 4.01. The molecule has 0 bridgehead atoms. The minimum absolute atomic E-state index is 0.0215. The molecule has 9 heteroatoms. The number of fused-ring (bicyclic) bond motifs is 1. The maximum Gasteiger partial charge on any atom is 0.416 e. The molecule has 1 atom stereocenters. The van der Waals surface area contributed by atoms with Crippen LogP contribution in [0.3, 0.4) is 0 Å². The van der Waals surface area contributed by atoms with Crippen molar-refractivity contribution < 1.29 is 28.2 Å². The summed E-state index contributed by atoms with van der Waals surface area (Å²) in [5.41, 5.74) is 0.335. The first-order valence-electron chi connectivity index (χ1n) is 10.5. The number of hydrogen-bond acceptors (Lipinski definition) is 4. The van der Waals surface area contributed by atoms with Gasteiger partial charge >= 0.3 is 12.1 Å². The number of phenols is 1. The van der Waals surface area contributed by atoms with Crippen LogP contribution in [0, 0.1) is 5.92 Å². The molecular weight excluding hydrogens is 447 g/mol. The zero-order valence-corrected chi connectivity index (χ0v) is 18.4. The molecule has 1 heterocycles. The van der Waals surface area contributed by atoms with Crippen molar-refractivity contribution in [3.05, 3.63) is 83.4 Å². The second kappa shape index (κ2) is 8.48. The maximum atomic E-state index is 13.0. The normalized spacial score (nSPS) is 13.2. The predicted octanol–water partition coefficient (Wildman–Crippen LogP) is 5.37. The van der Waals surface area contributed by atoms with Crippen LogP contribution in [-0.4, -0.2) is 31.2 Å². The summed E-state index contributed by atoms with van der Waals surface area (Å²) in [5.74, 6) is -1.94. The van der Waals surface area contributed by atoms with Gasteiger partial charge in [0.05, 0.1) is 11.5 Å². The molecular formula is C25H22F3N3O3. The number of alkyl halides is 3. The van der Waals surface area contributed by atoms with Crippen LogP contribution in [0.2, 0.25) is 0 Å². The number of carbonyl (C=O) groups is 1. The van der Waals surface area contributed by atoms with E-state index in [0.29, 0.717) is 5.56 Å². The van der Waals surface area contributed by atoms with Crippen LogP contribution in [0.15, 0.2) is 66.7 Å². The molecule has 2 N–H and O–H groups in total. The van der Waals surface area contributed by atoms with Crippen molar-refractivity contribution in [2.75, 3.05) is 0 Å². The highest BCUT2D eigenvalue weighted by Gasteiger charge is 2.37. The summed E-state index contributed by atoms with van der Waals surface area (Å²) in [7, 11) is 0. The minimum Gasteiger partial charge on any atom is -0.506 e. The highest BCUT2D eigenvalue weighted by atomic mass is 19.4. The van der Waals surface area contributed by atoms with Gasteiger partial charge in [-0.3, -0.25) is 4.79 Å². The average Bonchev–Trinajstić information content (AvgIpc) is 3.21. The Morgan fingerprint density at radius 3 is 2.26 bits per heavy atom. The third-order valence-corrected chi connectivity index (χ3v) is 6.09. The fourth-order valence-electron chi connectivity index (χ4n) is 4.01. The molecule has 6 nitrogen and oxygen atoms in total. The lowest BCUT2D eigenvalue weighted by atomic mass is 9.71. The van der Waals surface area contributed by atoms with Crippen molar-refractivity contribution in [3.63, 3.8) is 0 Å². The number of aromatic nitrogens is 3. The Balaban J connectivity index is 1.70. The molecule has 1 unspecified atom stereocenters. The molecule has 0 aliphatic rings. The largest absolute Gasteiger partial charge is 0.506 e. The third kappa shape index (κ3) is 4.46. The molecule has 3 aromatic carbocycles. The van der Waals surface area contributed by atoms with Crippen molar-refractivity contribution in [1.82, 2.24) is 15.0 Å². The van der Waals surface area contributed by atoms with Gasteiger partial charge in [-0.1, -0.05) is 50.2 Å². The van der Waals surface area contributed by atoms with Crippen LogP contribution in [0.4, 0.5) is 13.2 Å². The maximum absolute atomic E-state index is 13.0. The first-order chi connectivity index (χ1) is 16.0. The quantitative estimate of drug-likeness (QED) is 0.397. The van der Waals surface area contributed by atoms with E-state index in [0.717, 1.165) is 22.5 Å². The smallest absolute Gasteiger partial charge is 0.416 e. The predicted molar refractivity (Wildman–Crippen MR) is 120 cm³/mol. The Morgan fingerprint density at radius 2 is 1.62 bits per heavy atom. The van der Waals surface area contributed by atoms with Gasteiger partial charge in [0, 0.05) is 5.41 Å². The second-order valence-corrected chi connectivity index (χ2v) is 8.70. The van der Waals surface area contributed by atoms with E-state index in [1.54, 1.807) is 12.1 Å². The van der Waals surface area contributed by atoms with E-state index < -0.39 is 29.0 Å². The van der Waals surface area contributed by atoms with Crippen LogP contribution in [-0.2, 0) is 22.8 Å². The number of nitrogens with zero attached hydrogens (tertiary/aromatic N) is 3. The van der Waals surface area contributed by atoms with E-state index >= 15 is 0 Å². The van der Waals surface area contributed by atoms with Gasteiger partial charge < -0.3 is 10.2 Å². The van der Waals surface area contributed by atoms with Gasteiger partial charge in [-0.25, -0.2) is 0 Å². The molecule has 0 saturated heterocycles. The van der Waals surface area contributed by atoms with E-state index in [9.17, 15) is 28.2 Å². The first-order valence-corrected chi connectivity index (χ1v) is 10.5. The van der Waals surface area contributed by atoms with Gasteiger partial charge in [-0.15, -0.1) is 15.0 Å². The van der Waals surface area contributed by atoms with Gasteiger partial charge in [0.1, 0.15) is 22.5 Å². The fraction of sp³-hybridized carbons (Fsp3) is 0.240. The number of carboxylic acid groups (broad SMARTS) is 1. The molecule has 0 aliphatic carbocycles. The number of rotatable bonds is 6. The molecule has 176 valence electrons. The second-order valence-electron chi connectivity index (χ2n) is 8.70. The Labute approximate surface area is 193 Å². The van der Waals surface area contributed by atoms with Gasteiger partial charge in [0.15, 0.2) is 0 Å². The highest BCUT2D eigenvalue weighted by molar-refractivity contribution is 5.75. The molecule has 4 aromatic rings. The minimum atomic E-state index is -4.52. The molecule has 0 fully saturated rings. The van der Waals surface area contributed by atoms with Gasteiger partial charge in [-0.05, 0) is 47.9 Å². The number of hydrogen-bond donors (Lipinski definition) is 2. The lowest BCUT2D eigenvalue weighted by Gasteiger charge is -2.32. The molecule has 0 spiro atoms. The van der Waals surface area contributed by atoms with Gasteiger partial charge in [0.2, 0.25) is 0 Å². The number of carboxylic acids is 1. The Bertz CT molecular complexity index is 1350. The third-order valence-electron chi connectivity index (χ3n) is 6.09. The Hall–Kier alpha value is -3.88. The first kappa shape index (κ1) is 23.3. The van der Waals surface area contributed by atoms with Crippen molar-refractivity contribution in [3.8, 4) is 11.4 Å². The Kier molecular flexibility index (Phi) is 5.80. The van der Waals surface area contributed by atoms with Gasteiger partial charge in [0.25, 0.3) is 0 Å². The van der Waals surface area contributed by atoms with E-state index in [1.807, 2.05) is 44.2 Å². The van der Waals surface area contributed by atoms with Crippen molar-refractivity contribution in [1.29, 1.82) is 0 Å². The summed E-state index contributed by atoms with van der Waals surface area (Å²) in [6.45, 7) is 3.73.